The second kappa shape index (κ2) is 7.71. The van der Waals surface area contributed by atoms with Crippen LogP contribution in [-0.2, 0) is 16.8 Å². The van der Waals surface area contributed by atoms with Crippen molar-refractivity contribution in [2.75, 3.05) is 13.6 Å². The molecule has 0 spiro atoms. The normalized spacial score (nSPS) is 12.3. The average Bonchev–Trinajstić information content (AvgIpc) is 2.30. The fourth-order valence-corrected chi connectivity index (χ4v) is 2.68. The lowest BCUT2D eigenvalue weighted by atomic mass is 10.1. The molecule has 0 saturated carbocycles. The zero-order valence-electron chi connectivity index (χ0n) is 12.1. The van der Waals surface area contributed by atoms with Gasteiger partial charge in [0.2, 0.25) is 0 Å². The Kier molecular flexibility index (Phi) is 7.55. The zero-order valence-corrected chi connectivity index (χ0v) is 14.4. The van der Waals surface area contributed by atoms with Crippen LogP contribution in [-0.4, -0.2) is 31.9 Å². The van der Waals surface area contributed by atoms with Gasteiger partial charge in [0, 0.05) is 36.3 Å². The molecule has 0 unspecified atom stereocenters. The van der Waals surface area contributed by atoms with E-state index in [4.69, 9.17) is 17.3 Å². The summed E-state index contributed by atoms with van der Waals surface area (Å²) in [5.74, 6) is -0.543. The summed E-state index contributed by atoms with van der Waals surface area (Å²) in [7, 11) is -2.41. The van der Waals surface area contributed by atoms with Crippen molar-refractivity contribution in [1.29, 1.82) is 0 Å². The Labute approximate surface area is 136 Å². The first-order valence-electron chi connectivity index (χ1n) is 5.95. The number of nitrogens with two attached hydrogens (primary N) is 1. The summed E-state index contributed by atoms with van der Waals surface area (Å²) in [6, 6.07) is 4.21. The summed E-state index contributed by atoms with van der Waals surface area (Å²) in [4.78, 5) is 0. The molecule has 5 nitrogen and oxygen atoms in total. The molecule has 1 aromatic rings. The van der Waals surface area contributed by atoms with Crippen molar-refractivity contribution in [3.8, 4) is 0 Å². The molecule has 0 fully saturated rings. The summed E-state index contributed by atoms with van der Waals surface area (Å²) in [6.07, 6.45) is 0. The average molecular weight is 360 g/mol. The number of hydrogen-bond acceptors (Lipinski definition) is 3. The van der Waals surface area contributed by atoms with Gasteiger partial charge in [0.15, 0.2) is 0 Å². The molecule has 0 aliphatic heterocycles. The lowest BCUT2D eigenvalue weighted by Crippen LogP contribution is -2.48. The number of nitrogens with one attached hydrogen (secondary N) is 1. The first-order chi connectivity index (χ1) is 9.03. The maximum atomic E-state index is 13.6. The standard InChI is InChI=1S/C12H19ClFN3O2S.ClH/c1-12(2,15)8-16-20(18,19)17(3)7-9-10(13)5-4-6-11(9)14;/h4-6,16H,7-8,15H2,1-3H3;1H. The molecule has 0 bridgehead atoms. The lowest BCUT2D eigenvalue weighted by Gasteiger charge is -2.23. The van der Waals surface area contributed by atoms with Gasteiger partial charge in [0.25, 0.3) is 10.2 Å². The van der Waals surface area contributed by atoms with Gasteiger partial charge >= 0.3 is 0 Å². The van der Waals surface area contributed by atoms with Crippen LogP contribution in [0, 0.1) is 5.82 Å². The summed E-state index contributed by atoms with van der Waals surface area (Å²) in [5.41, 5.74) is 5.17. The van der Waals surface area contributed by atoms with Crippen LogP contribution < -0.4 is 10.5 Å². The van der Waals surface area contributed by atoms with E-state index in [2.05, 4.69) is 4.72 Å². The van der Waals surface area contributed by atoms with E-state index in [1.807, 2.05) is 0 Å². The van der Waals surface area contributed by atoms with Crippen molar-refractivity contribution in [3.05, 3.63) is 34.6 Å². The summed E-state index contributed by atoms with van der Waals surface area (Å²) in [6.45, 7) is 3.31. The molecule has 0 saturated heterocycles. The smallest absolute Gasteiger partial charge is 0.279 e. The molecule has 0 aliphatic carbocycles. The van der Waals surface area contributed by atoms with Gasteiger partial charge in [-0.15, -0.1) is 12.4 Å². The maximum absolute atomic E-state index is 13.6. The fourth-order valence-electron chi connectivity index (χ4n) is 1.38. The third-order valence-electron chi connectivity index (χ3n) is 2.56. The zero-order chi connectivity index (χ0) is 15.6. The van der Waals surface area contributed by atoms with E-state index in [-0.39, 0.29) is 36.1 Å². The predicted molar refractivity (Wildman–Crippen MR) is 85.3 cm³/mol. The van der Waals surface area contributed by atoms with E-state index < -0.39 is 21.6 Å². The molecular weight excluding hydrogens is 340 g/mol. The molecule has 0 radical (unpaired) electrons. The lowest BCUT2D eigenvalue weighted by molar-refractivity contribution is 0.431. The van der Waals surface area contributed by atoms with Crippen LogP contribution in [0.3, 0.4) is 0 Å². The minimum Gasteiger partial charge on any atom is -0.324 e. The van der Waals surface area contributed by atoms with Crippen molar-refractivity contribution in [2.45, 2.75) is 25.9 Å². The van der Waals surface area contributed by atoms with Gasteiger partial charge in [-0.25, -0.2) is 9.11 Å². The summed E-state index contributed by atoms with van der Waals surface area (Å²) in [5, 5.41) is 0.186. The summed E-state index contributed by atoms with van der Waals surface area (Å²) >= 11 is 5.87. The topological polar surface area (TPSA) is 75.4 Å². The van der Waals surface area contributed by atoms with E-state index in [1.54, 1.807) is 13.8 Å². The SMILES string of the molecule is CN(Cc1c(F)cccc1Cl)S(=O)(=O)NCC(C)(C)N.Cl. The number of halogens is 3. The van der Waals surface area contributed by atoms with Crippen LogP contribution in [0.5, 0.6) is 0 Å². The minimum absolute atomic E-state index is 0. The van der Waals surface area contributed by atoms with E-state index in [0.717, 1.165) is 4.31 Å². The molecular formula is C12H20Cl2FN3O2S. The Hall–Kier alpha value is -0.440. The van der Waals surface area contributed by atoms with Crippen molar-refractivity contribution in [1.82, 2.24) is 9.03 Å². The highest BCUT2D eigenvalue weighted by Gasteiger charge is 2.22. The van der Waals surface area contributed by atoms with E-state index in [9.17, 15) is 12.8 Å². The number of hydrogen-bond donors (Lipinski definition) is 2. The highest BCUT2D eigenvalue weighted by Crippen LogP contribution is 2.21. The van der Waals surface area contributed by atoms with Gasteiger partial charge in [0.05, 0.1) is 0 Å². The van der Waals surface area contributed by atoms with Gasteiger partial charge in [-0.3, -0.25) is 0 Å². The molecule has 9 heteroatoms. The van der Waals surface area contributed by atoms with Crippen LogP contribution in [0.25, 0.3) is 0 Å². The number of nitrogens with zero attached hydrogens (tertiary/aromatic N) is 1. The predicted octanol–water partition coefficient (Wildman–Crippen LogP) is 1.90. The minimum atomic E-state index is -3.75. The highest BCUT2D eigenvalue weighted by molar-refractivity contribution is 7.87. The van der Waals surface area contributed by atoms with Crippen LogP contribution in [0.4, 0.5) is 4.39 Å². The number of rotatable bonds is 6. The van der Waals surface area contributed by atoms with Crippen molar-refractivity contribution in [3.63, 3.8) is 0 Å². The Balaban J connectivity index is 0.00000400. The van der Waals surface area contributed by atoms with Crippen LogP contribution in [0.15, 0.2) is 18.2 Å². The quantitative estimate of drug-likeness (QED) is 0.814. The van der Waals surface area contributed by atoms with Gasteiger partial charge in [0.1, 0.15) is 5.82 Å². The Morgan fingerprint density at radius 1 is 1.43 bits per heavy atom. The van der Waals surface area contributed by atoms with Gasteiger partial charge in [-0.05, 0) is 26.0 Å². The second-order valence-electron chi connectivity index (χ2n) is 5.27. The molecule has 0 aliphatic rings. The van der Waals surface area contributed by atoms with E-state index in [0.29, 0.717) is 0 Å². The van der Waals surface area contributed by atoms with Crippen molar-refractivity contribution in [2.24, 2.45) is 5.73 Å². The summed E-state index contributed by atoms with van der Waals surface area (Å²) < 4.78 is 41.0. The third-order valence-corrected chi connectivity index (χ3v) is 4.38. The Morgan fingerprint density at radius 2 is 2.00 bits per heavy atom. The highest BCUT2D eigenvalue weighted by atomic mass is 35.5. The molecule has 122 valence electrons. The molecule has 1 aromatic carbocycles. The van der Waals surface area contributed by atoms with Crippen LogP contribution >= 0.6 is 24.0 Å². The van der Waals surface area contributed by atoms with Crippen molar-refractivity contribution < 1.29 is 12.8 Å². The molecule has 0 aromatic heterocycles. The Bertz CT molecular complexity index is 556. The first-order valence-corrected chi connectivity index (χ1v) is 7.77. The largest absolute Gasteiger partial charge is 0.324 e. The molecule has 0 atom stereocenters. The van der Waals surface area contributed by atoms with Crippen LogP contribution in [0.2, 0.25) is 5.02 Å². The van der Waals surface area contributed by atoms with E-state index >= 15 is 0 Å². The fraction of sp³-hybridized carbons (Fsp3) is 0.500. The maximum Gasteiger partial charge on any atom is 0.279 e. The van der Waals surface area contributed by atoms with Gasteiger partial charge in [-0.1, -0.05) is 17.7 Å². The molecule has 21 heavy (non-hydrogen) atoms. The first kappa shape index (κ1) is 20.6. The molecule has 3 N–H and O–H groups in total. The van der Waals surface area contributed by atoms with Gasteiger partial charge in [-0.2, -0.15) is 12.7 Å². The molecule has 0 amide bonds. The van der Waals surface area contributed by atoms with E-state index in [1.165, 1.54) is 25.2 Å². The number of benzene rings is 1. The Morgan fingerprint density at radius 3 is 2.48 bits per heavy atom. The molecule has 0 heterocycles. The monoisotopic (exact) mass is 359 g/mol. The van der Waals surface area contributed by atoms with Gasteiger partial charge < -0.3 is 5.73 Å². The van der Waals surface area contributed by atoms with Crippen molar-refractivity contribution >= 4 is 34.2 Å². The van der Waals surface area contributed by atoms with Crippen LogP contribution in [0.1, 0.15) is 19.4 Å². The molecule has 1 rings (SSSR count). The second-order valence-corrected chi connectivity index (χ2v) is 7.54. The third kappa shape index (κ3) is 6.46.